The molecule has 0 bridgehead atoms. The van der Waals surface area contributed by atoms with Crippen molar-refractivity contribution in [2.24, 2.45) is 17.8 Å². The minimum Gasteiger partial charge on any atom is -0.340 e. The Kier molecular flexibility index (Phi) is 41.0. The fourth-order valence-electron chi connectivity index (χ4n) is 2.00. The summed E-state index contributed by atoms with van der Waals surface area (Å²) in [5, 5.41) is 0. The summed E-state index contributed by atoms with van der Waals surface area (Å²) in [6.07, 6.45) is 10.9. The number of rotatable bonds is 10. The maximum absolute atomic E-state index is 4.28. The molecule has 0 amide bonds. The van der Waals surface area contributed by atoms with Crippen molar-refractivity contribution < 1.29 is 84.3 Å². The molecule has 0 fully saturated rings. The predicted molar refractivity (Wildman–Crippen MR) is 75.5 cm³/mol. The van der Waals surface area contributed by atoms with Crippen molar-refractivity contribution in [3.05, 3.63) is 6.92 Å². The fourth-order valence-corrected chi connectivity index (χ4v) is 2.00. The van der Waals surface area contributed by atoms with E-state index in [-0.39, 0.29) is 84.3 Å². The molecule has 0 aromatic rings. The maximum atomic E-state index is 4.28. The van der Waals surface area contributed by atoms with Gasteiger partial charge in [0.15, 0.2) is 0 Å². The Hall–Kier alpha value is 2.75. The first-order valence-corrected chi connectivity index (χ1v) is 7.43. The Morgan fingerprint density at radius 3 is 1.50 bits per heavy atom. The van der Waals surface area contributed by atoms with Crippen molar-refractivity contribution in [1.29, 1.82) is 0 Å². The average molecular weight is 961 g/mol. The van der Waals surface area contributed by atoms with E-state index in [0.717, 1.165) is 11.8 Å². The summed E-state index contributed by atoms with van der Waals surface area (Å²) in [6, 6.07) is 0. The zero-order chi connectivity index (χ0) is 12.4. The molecule has 0 heterocycles. The molecule has 0 rings (SSSR count). The molecular formula is C16H33W4-. The zero-order valence-electron chi connectivity index (χ0n) is 13.7. The zero-order valence-corrected chi connectivity index (χ0v) is 25.5. The van der Waals surface area contributed by atoms with E-state index in [1.807, 2.05) is 0 Å². The van der Waals surface area contributed by atoms with Crippen molar-refractivity contribution in [1.82, 2.24) is 0 Å². The number of hydrogen-bond acceptors (Lipinski definition) is 0. The van der Waals surface area contributed by atoms with E-state index < -0.39 is 0 Å². The van der Waals surface area contributed by atoms with Gasteiger partial charge in [0, 0.05) is 84.3 Å². The van der Waals surface area contributed by atoms with E-state index in [1.54, 1.807) is 0 Å². The molecule has 122 valence electrons. The molecule has 0 aliphatic carbocycles. The van der Waals surface area contributed by atoms with E-state index >= 15 is 0 Å². The van der Waals surface area contributed by atoms with Gasteiger partial charge in [0.2, 0.25) is 0 Å². The number of hydrogen-bond donors (Lipinski definition) is 0. The van der Waals surface area contributed by atoms with E-state index in [0.29, 0.717) is 5.92 Å². The number of unbranched alkanes of at least 4 members (excludes halogenated alkanes) is 1. The van der Waals surface area contributed by atoms with Crippen molar-refractivity contribution in [3.8, 4) is 0 Å². The molecular weight excluding hydrogens is 928 g/mol. The van der Waals surface area contributed by atoms with Crippen LogP contribution in [0.4, 0.5) is 0 Å². The van der Waals surface area contributed by atoms with Crippen molar-refractivity contribution >= 4 is 0 Å². The topological polar surface area (TPSA) is 0 Å². The Balaban J connectivity index is -0.000000187. The minimum absolute atomic E-state index is 0. The van der Waals surface area contributed by atoms with Crippen LogP contribution in [0.25, 0.3) is 0 Å². The third-order valence-corrected chi connectivity index (χ3v) is 4.02. The SMILES string of the molecule is [CH2-]C(CCCCC(C)CC)CCC(C)CC.[W].[W].[W].[W]. The van der Waals surface area contributed by atoms with Crippen molar-refractivity contribution in [3.63, 3.8) is 0 Å². The van der Waals surface area contributed by atoms with Gasteiger partial charge in [0.1, 0.15) is 0 Å². The molecule has 3 unspecified atom stereocenters. The van der Waals surface area contributed by atoms with Gasteiger partial charge in [-0.05, 0) is 11.8 Å². The first-order valence-electron chi connectivity index (χ1n) is 7.43. The summed E-state index contributed by atoms with van der Waals surface area (Å²) in [7, 11) is 0. The van der Waals surface area contributed by atoms with Gasteiger partial charge in [-0.25, -0.2) is 0 Å². The largest absolute Gasteiger partial charge is 0.340 e. The molecule has 20 heavy (non-hydrogen) atoms. The smallest absolute Gasteiger partial charge is 0 e. The molecule has 0 aromatic heterocycles. The van der Waals surface area contributed by atoms with Crippen LogP contribution in [0.3, 0.4) is 0 Å². The minimum atomic E-state index is 0. The van der Waals surface area contributed by atoms with Gasteiger partial charge in [-0.2, -0.15) is 5.92 Å². The summed E-state index contributed by atoms with van der Waals surface area (Å²) in [6.45, 7) is 13.6. The second-order valence-electron chi connectivity index (χ2n) is 5.75. The molecule has 0 aromatic carbocycles. The Bertz CT molecular complexity index is 153. The Morgan fingerprint density at radius 2 is 1.05 bits per heavy atom. The Labute approximate surface area is 186 Å². The van der Waals surface area contributed by atoms with E-state index in [2.05, 4.69) is 34.6 Å². The van der Waals surface area contributed by atoms with Crippen LogP contribution in [0.5, 0.6) is 0 Å². The first-order chi connectivity index (χ1) is 7.60. The molecule has 0 saturated carbocycles. The summed E-state index contributed by atoms with van der Waals surface area (Å²) in [4.78, 5) is 0. The molecule has 3 atom stereocenters. The molecule has 0 radical (unpaired) electrons. The van der Waals surface area contributed by atoms with Crippen LogP contribution in [-0.4, -0.2) is 0 Å². The van der Waals surface area contributed by atoms with E-state index in [4.69, 9.17) is 0 Å². The van der Waals surface area contributed by atoms with Crippen LogP contribution < -0.4 is 0 Å². The summed E-state index contributed by atoms with van der Waals surface area (Å²) in [5.74, 6) is 2.51. The Morgan fingerprint density at radius 1 is 0.650 bits per heavy atom. The van der Waals surface area contributed by atoms with Crippen LogP contribution in [-0.2, 0) is 84.3 Å². The van der Waals surface area contributed by atoms with Gasteiger partial charge in [-0.15, -0.1) is 0 Å². The average Bonchev–Trinajstić information content (AvgIpc) is 2.31. The summed E-state index contributed by atoms with van der Waals surface area (Å²) >= 11 is 0. The van der Waals surface area contributed by atoms with E-state index in [9.17, 15) is 0 Å². The van der Waals surface area contributed by atoms with Gasteiger partial charge in [0.05, 0.1) is 0 Å². The molecule has 0 aliphatic heterocycles. The van der Waals surface area contributed by atoms with Crippen molar-refractivity contribution in [2.45, 2.75) is 79.1 Å². The van der Waals surface area contributed by atoms with Crippen LogP contribution in [0.1, 0.15) is 79.1 Å². The summed E-state index contributed by atoms with van der Waals surface area (Å²) < 4.78 is 0. The van der Waals surface area contributed by atoms with Gasteiger partial charge in [-0.3, -0.25) is 0 Å². The van der Waals surface area contributed by atoms with Gasteiger partial charge >= 0.3 is 0 Å². The van der Waals surface area contributed by atoms with Gasteiger partial charge < -0.3 is 6.92 Å². The van der Waals surface area contributed by atoms with Gasteiger partial charge in [-0.1, -0.05) is 79.1 Å². The fraction of sp³-hybridized carbons (Fsp3) is 0.938. The summed E-state index contributed by atoms with van der Waals surface area (Å²) in [5.41, 5.74) is 0. The molecule has 0 saturated heterocycles. The van der Waals surface area contributed by atoms with Gasteiger partial charge in [0.25, 0.3) is 0 Å². The molecule has 0 spiro atoms. The normalized spacial score (nSPS) is 13.7. The van der Waals surface area contributed by atoms with Crippen LogP contribution in [0.15, 0.2) is 0 Å². The van der Waals surface area contributed by atoms with Crippen LogP contribution in [0.2, 0.25) is 0 Å². The predicted octanol–water partition coefficient (Wildman–Crippen LogP) is 5.86. The van der Waals surface area contributed by atoms with Crippen molar-refractivity contribution in [2.75, 3.05) is 0 Å². The molecule has 4 heteroatoms. The maximum Gasteiger partial charge on any atom is 0 e. The first kappa shape index (κ1) is 34.2. The van der Waals surface area contributed by atoms with E-state index in [1.165, 1.54) is 51.4 Å². The second-order valence-corrected chi connectivity index (χ2v) is 5.75. The molecule has 0 aliphatic rings. The standard InChI is InChI=1S/C16H33.4W/c1-6-14(3)10-8-9-11-16(5)13-12-15(4)7-2;;;;/h14-16H,5-13H2,1-4H3;;;;/q-1;;;;. The third-order valence-electron chi connectivity index (χ3n) is 4.02. The second kappa shape index (κ2) is 24.0. The van der Waals surface area contributed by atoms with Crippen LogP contribution in [0, 0.1) is 24.7 Å². The quantitative estimate of drug-likeness (QED) is 0.191. The monoisotopic (exact) mass is 961 g/mol. The molecule has 0 nitrogen and oxygen atoms in total. The molecule has 0 N–H and O–H groups in total. The van der Waals surface area contributed by atoms with Crippen LogP contribution >= 0.6 is 0 Å². The third kappa shape index (κ3) is 23.0.